The standard InChI is InChI=1S/C57H106O6/c1-4-7-10-13-15-17-19-21-23-25-26-27-28-29-30-32-33-35-37-39-41-44-47-50-56(59)62-53-54(52-61-55(58)49-46-43-12-9-6-3)63-57(60)51-48-45-42-40-38-36-34-31-24-22-20-18-16-14-11-8-5-2/h16,18,22,24,54H,4-15,17,19-21,23,25-53H2,1-3H3/b18-16-,24-22-. The number of unbranched alkanes of at least 4 members (excludes halogenated alkanes) is 36. The first kappa shape index (κ1) is 60.9. The molecule has 0 spiro atoms. The summed E-state index contributed by atoms with van der Waals surface area (Å²) in [7, 11) is 0. The molecule has 0 aromatic rings. The van der Waals surface area contributed by atoms with Crippen molar-refractivity contribution in [2.45, 2.75) is 309 Å². The van der Waals surface area contributed by atoms with Gasteiger partial charge in [0, 0.05) is 19.3 Å². The maximum Gasteiger partial charge on any atom is 0.306 e. The van der Waals surface area contributed by atoms with Crippen LogP contribution in [0.5, 0.6) is 0 Å². The van der Waals surface area contributed by atoms with Gasteiger partial charge in [0.15, 0.2) is 6.10 Å². The molecule has 0 aromatic carbocycles. The molecule has 0 aromatic heterocycles. The molecule has 0 aliphatic carbocycles. The lowest BCUT2D eigenvalue weighted by Gasteiger charge is -2.18. The molecule has 0 aliphatic heterocycles. The number of carbonyl (C=O) groups is 3. The van der Waals surface area contributed by atoms with Gasteiger partial charge in [-0.25, -0.2) is 0 Å². The van der Waals surface area contributed by atoms with Crippen molar-refractivity contribution in [1.82, 2.24) is 0 Å². The van der Waals surface area contributed by atoms with Crippen molar-refractivity contribution in [3.63, 3.8) is 0 Å². The summed E-state index contributed by atoms with van der Waals surface area (Å²) in [5.74, 6) is -0.877. The Kier molecular flexibility index (Phi) is 50.8. The Labute approximate surface area is 392 Å². The van der Waals surface area contributed by atoms with Crippen LogP contribution < -0.4 is 0 Å². The van der Waals surface area contributed by atoms with E-state index in [2.05, 4.69) is 45.1 Å². The van der Waals surface area contributed by atoms with Gasteiger partial charge in [-0.15, -0.1) is 0 Å². The van der Waals surface area contributed by atoms with Crippen molar-refractivity contribution in [1.29, 1.82) is 0 Å². The zero-order valence-electron chi connectivity index (χ0n) is 42.4. The summed E-state index contributed by atoms with van der Waals surface area (Å²) < 4.78 is 16.7. The Hall–Kier alpha value is -2.11. The second-order valence-electron chi connectivity index (χ2n) is 18.9. The first-order valence-corrected chi connectivity index (χ1v) is 27.8. The maximum atomic E-state index is 12.7. The van der Waals surface area contributed by atoms with Gasteiger partial charge >= 0.3 is 17.9 Å². The van der Waals surface area contributed by atoms with Crippen LogP contribution in [0.1, 0.15) is 303 Å². The van der Waals surface area contributed by atoms with Gasteiger partial charge in [0.1, 0.15) is 13.2 Å². The molecule has 0 rings (SSSR count). The van der Waals surface area contributed by atoms with Gasteiger partial charge < -0.3 is 14.2 Å². The summed E-state index contributed by atoms with van der Waals surface area (Å²) in [6.07, 6.45) is 60.7. The van der Waals surface area contributed by atoms with Gasteiger partial charge in [-0.1, -0.05) is 257 Å². The van der Waals surface area contributed by atoms with Crippen LogP contribution in [0.4, 0.5) is 0 Å². The van der Waals surface area contributed by atoms with E-state index in [1.165, 1.54) is 186 Å². The monoisotopic (exact) mass is 887 g/mol. The van der Waals surface area contributed by atoms with E-state index in [0.717, 1.165) is 77.0 Å². The van der Waals surface area contributed by atoms with Crippen LogP contribution in [-0.4, -0.2) is 37.2 Å². The van der Waals surface area contributed by atoms with E-state index >= 15 is 0 Å². The first-order valence-electron chi connectivity index (χ1n) is 27.8. The number of hydrogen-bond acceptors (Lipinski definition) is 6. The average Bonchev–Trinajstić information content (AvgIpc) is 3.28. The van der Waals surface area contributed by atoms with Crippen molar-refractivity contribution >= 4 is 17.9 Å². The van der Waals surface area contributed by atoms with Crippen LogP contribution in [0.25, 0.3) is 0 Å². The minimum absolute atomic E-state index is 0.0708. The third-order valence-corrected chi connectivity index (χ3v) is 12.5. The van der Waals surface area contributed by atoms with Gasteiger partial charge in [0.25, 0.3) is 0 Å². The molecule has 0 aliphatic rings. The van der Waals surface area contributed by atoms with Crippen molar-refractivity contribution in [2.24, 2.45) is 0 Å². The molecule has 370 valence electrons. The molecular formula is C57H106O6. The lowest BCUT2D eigenvalue weighted by Crippen LogP contribution is -2.30. The third-order valence-electron chi connectivity index (χ3n) is 12.5. The number of ether oxygens (including phenoxy) is 3. The Balaban J connectivity index is 4.05. The predicted octanol–water partition coefficient (Wildman–Crippen LogP) is 18.3. The second kappa shape index (κ2) is 52.5. The molecule has 0 saturated carbocycles. The number of allylic oxidation sites excluding steroid dienone is 4. The minimum atomic E-state index is -0.768. The van der Waals surface area contributed by atoms with Crippen molar-refractivity contribution in [2.75, 3.05) is 13.2 Å². The summed E-state index contributed by atoms with van der Waals surface area (Å²) in [5.41, 5.74) is 0. The number of hydrogen-bond donors (Lipinski definition) is 0. The van der Waals surface area contributed by atoms with Crippen LogP contribution in [-0.2, 0) is 28.6 Å². The van der Waals surface area contributed by atoms with E-state index in [1.807, 2.05) is 0 Å². The number of esters is 3. The van der Waals surface area contributed by atoms with Crippen LogP contribution >= 0.6 is 0 Å². The van der Waals surface area contributed by atoms with E-state index in [-0.39, 0.29) is 31.1 Å². The molecule has 1 atom stereocenters. The van der Waals surface area contributed by atoms with Crippen molar-refractivity contribution in [3.8, 4) is 0 Å². The summed E-state index contributed by atoms with van der Waals surface area (Å²) in [6, 6.07) is 0. The molecule has 0 fully saturated rings. The summed E-state index contributed by atoms with van der Waals surface area (Å²) in [4.78, 5) is 37.7. The lowest BCUT2D eigenvalue weighted by atomic mass is 10.0. The van der Waals surface area contributed by atoms with Crippen LogP contribution in [0, 0.1) is 0 Å². The maximum absolute atomic E-state index is 12.7. The summed E-state index contributed by atoms with van der Waals surface area (Å²) in [5, 5.41) is 0. The van der Waals surface area contributed by atoms with Crippen molar-refractivity contribution < 1.29 is 28.6 Å². The van der Waals surface area contributed by atoms with E-state index in [4.69, 9.17) is 14.2 Å². The van der Waals surface area contributed by atoms with E-state index in [9.17, 15) is 14.4 Å². The fourth-order valence-corrected chi connectivity index (χ4v) is 8.24. The zero-order valence-corrected chi connectivity index (χ0v) is 42.4. The van der Waals surface area contributed by atoms with Crippen LogP contribution in [0.3, 0.4) is 0 Å². The van der Waals surface area contributed by atoms with E-state index in [1.54, 1.807) is 0 Å². The lowest BCUT2D eigenvalue weighted by molar-refractivity contribution is -0.167. The molecule has 0 saturated heterocycles. The molecule has 0 amide bonds. The SMILES string of the molecule is CCCCC/C=C\C/C=C\CCCCCCCCCC(=O)OC(COC(=O)CCCCCCC)COC(=O)CCCCCCCCCCCCCCCCCCCCCCCCC. The quantitative estimate of drug-likeness (QED) is 0.0262. The van der Waals surface area contributed by atoms with E-state index < -0.39 is 6.10 Å². The molecule has 1 unspecified atom stereocenters. The smallest absolute Gasteiger partial charge is 0.306 e. The molecule has 6 heteroatoms. The highest BCUT2D eigenvalue weighted by molar-refractivity contribution is 5.71. The van der Waals surface area contributed by atoms with Gasteiger partial charge in [-0.05, 0) is 51.4 Å². The van der Waals surface area contributed by atoms with Crippen LogP contribution in [0.2, 0.25) is 0 Å². The highest BCUT2D eigenvalue weighted by Crippen LogP contribution is 2.17. The van der Waals surface area contributed by atoms with Gasteiger partial charge in [0.2, 0.25) is 0 Å². The number of carbonyl (C=O) groups excluding carboxylic acids is 3. The molecule has 6 nitrogen and oxygen atoms in total. The molecule has 63 heavy (non-hydrogen) atoms. The van der Waals surface area contributed by atoms with Gasteiger partial charge in [-0.2, -0.15) is 0 Å². The largest absolute Gasteiger partial charge is 0.462 e. The fourth-order valence-electron chi connectivity index (χ4n) is 8.24. The Bertz CT molecular complexity index is 1020. The normalized spacial score (nSPS) is 12.1. The van der Waals surface area contributed by atoms with Gasteiger partial charge in [0.05, 0.1) is 0 Å². The Morgan fingerprint density at radius 2 is 0.571 bits per heavy atom. The second-order valence-corrected chi connectivity index (χ2v) is 18.9. The highest BCUT2D eigenvalue weighted by atomic mass is 16.6. The van der Waals surface area contributed by atoms with Crippen molar-refractivity contribution in [3.05, 3.63) is 24.3 Å². The van der Waals surface area contributed by atoms with Crippen LogP contribution in [0.15, 0.2) is 24.3 Å². The summed E-state index contributed by atoms with van der Waals surface area (Å²) in [6.45, 7) is 6.56. The molecule has 0 N–H and O–H groups in total. The zero-order chi connectivity index (χ0) is 45.8. The molecular weight excluding hydrogens is 781 g/mol. The first-order chi connectivity index (χ1) is 31.0. The average molecular weight is 887 g/mol. The van der Waals surface area contributed by atoms with Gasteiger partial charge in [-0.3, -0.25) is 14.4 Å². The topological polar surface area (TPSA) is 78.9 Å². The minimum Gasteiger partial charge on any atom is -0.462 e. The molecule has 0 radical (unpaired) electrons. The molecule has 0 bridgehead atoms. The predicted molar refractivity (Wildman–Crippen MR) is 270 cm³/mol. The highest BCUT2D eigenvalue weighted by Gasteiger charge is 2.19. The number of rotatable bonds is 51. The third kappa shape index (κ3) is 50.7. The van der Waals surface area contributed by atoms with E-state index in [0.29, 0.717) is 19.3 Å². The fraction of sp³-hybridized carbons (Fsp3) is 0.877. The molecule has 0 heterocycles. The Morgan fingerprint density at radius 1 is 0.317 bits per heavy atom. The summed E-state index contributed by atoms with van der Waals surface area (Å²) >= 11 is 0. The Morgan fingerprint density at radius 3 is 0.905 bits per heavy atom.